The number of anilines is 1. The summed E-state index contributed by atoms with van der Waals surface area (Å²) in [6, 6.07) is 26.8. The summed E-state index contributed by atoms with van der Waals surface area (Å²) in [5.41, 5.74) is 4.06. The summed E-state index contributed by atoms with van der Waals surface area (Å²) in [6.45, 7) is 0. The molecule has 3 aromatic rings. The van der Waals surface area contributed by atoms with Gasteiger partial charge in [0.05, 0.1) is 22.3 Å². The van der Waals surface area contributed by atoms with Crippen LogP contribution in [0.3, 0.4) is 0 Å². The molecule has 2 N–H and O–H groups in total. The Hall–Kier alpha value is -2.96. The standard InChI is InChI=1S/C21H19N3O2S/c22-27(25,26)19-13-11-18(12-14-19)24-21(17-9-5-2-6-10-17)15-20(23-24)16-7-3-1-4-8-16/h1-14,21H,15H2,(H2,22,25,26)/t21-/m1/s1. The van der Waals surface area contributed by atoms with Crippen molar-refractivity contribution in [2.45, 2.75) is 17.4 Å². The molecule has 0 spiro atoms. The summed E-state index contributed by atoms with van der Waals surface area (Å²) in [6.07, 6.45) is 0.769. The number of hydrazone groups is 1. The second-order valence-electron chi connectivity index (χ2n) is 6.43. The first-order chi connectivity index (χ1) is 13.0. The molecule has 1 aliphatic heterocycles. The molecule has 1 atom stereocenters. The summed E-state index contributed by atoms with van der Waals surface area (Å²) < 4.78 is 23.0. The Balaban J connectivity index is 1.74. The molecule has 6 heteroatoms. The fourth-order valence-electron chi connectivity index (χ4n) is 3.28. The molecule has 0 aromatic heterocycles. The van der Waals surface area contributed by atoms with Crippen LogP contribution >= 0.6 is 0 Å². The predicted molar refractivity (Wildman–Crippen MR) is 107 cm³/mol. The number of nitrogens with two attached hydrogens (primary N) is 1. The van der Waals surface area contributed by atoms with E-state index in [1.165, 1.54) is 12.1 Å². The predicted octanol–water partition coefficient (Wildman–Crippen LogP) is 3.69. The van der Waals surface area contributed by atoms with Crippen molar-refractivity contribution in [1.82, 2.24) is 0 Å². The number of sulfonamides is 1. The molecule has 0 saturated carbocycles. The first-order valence-electron chi connectivity index (χ1n) is 8.62. The van der Waals surface area contributed by atoms with E-state index in [9.17, 15) is 8.42 Å². The highest BCUT2D eigenvalue weighted by Gasteiger charge is 2.29. The second kappa shape index (κ2) is 6.98. The average Bonchev–Trinajstić information content (AvgIpc) is 3.14. The van der Waals surface area contributed by atoms with Crippen LogP contribution in [0.5, 0.6) is 0 Å². The Labute approximate surface area is 158 Å². The van der Waals surface area contributed by atoms with Crippen molar-refractivity contribution in [2.24, 2.45) is 10.2 Å². The minimum atomic E-state index is -3.72. The first kappa shape index (κ1) is 17.5. The van der Waals surface area contributed by atoms with Crippen LogP contribution in [0.4, 0.5) is 5.69 Å². The smallest absolute Gasteiger partial charge is 0.238 e. The summed E-state index contributed by atoms with van der Waals surface area (Å²) >= 11 is 0. The van der Waals surface area contributed by atoms with Gasteiger partial charge in [-0.1, -0.05) is 60.7 Å². The van der Waals surface area contributed by atoms with Gasteiger partial charge in [0.15, 0.2) is 0 Å². The fraction of sp³-hybridized carbons (Fsp3) is 0.0952. The van der Waals surface area contributed by atoms with Crippen LogP contribution in [0.25, 0.3) is 0 Å². The van der Waals surface area contributed by atoms with Gasteiger partial charge < -0.3 is 0 Å². The SMILES string of the molecule is NS(=O)(=O)c1ccc(N2N=C(c3ccccc3)C[C@@H]2c2ccccc2)cc1. The summed E-state index contributed by atoms with van der Waals surface area (Å²) in [7, 11) is -3.72. The van der Waals surface area contributed by atoms with Gasteiger partial charge in [0, 0.05) is 6.42 Å². The Kier molecular flexibility index (Phi) is 4.51. The van der Waals surface area contributed by atoms with Crippen LogP contribution in [-0.2, 0) is 10.0 Å². The molecule has 0 fully saturated rings. The zero-order valence-electron chi connectivity index (χ0n) is 14.6. The Bertz CT molecular complexity index is 1060. The Morgan fingerprint density at radius 3 is 2.04 bits per heavy atom. The van der Waals surface area contributed by atoms with Crippen LogP contribution in [0, 0.1) is 0 Å². The van der Waals surface area contributed by atoms with E-state index in [2.05, 4.69) is 24.3 Å². The number of nitrogens with zero attached hydrogens (tertiary/aromatic N) is 2. The van der Waals surface area contributed by atoms with E-state index < -0.39 is 10.0 Å². The minimum absolute atomic E-state index is 0.0433. The maximum atomic E-state index is 11.5. The molecular formula is C21H19N3O2S. The molecule has 5 nitrogen and oxygen atoms in total. The molecule has 0 bridgehead atoms. The molecule has 1 heterocycles. The van der Waals surface area contributed by atoms with Crippen LogP contribution < -0.4 is 10.1 Å². The normalized spacial score (nSPS) is 17.0. The van der Waals surface area contributed by atoms with Crippen molar-refractivity contribution in [3.8, 4) is 0 Å². The Morgan fingerprint density at radius 1 is 0.852 bits per heavy atom. The van der Waals surface area contributed by atoms with Crippen LogP contribution in [0.1, 0.15) is 23.6 Å². The molecule has 0 saturated heterocycles. The third kappa shape index (κ3) is 3.63. The van der Waals surface area contributed by atoms with Crippen molar-refractivity contribution in [3.63, 3.8) is 0 Å². The van der Waals surface area contributed by atoms with Crippen LogP contribution in [0.15, 0.2) is 94.9 Å². The molecule has 0 radical (unpaired) electrons. The summed E-state index contributed by atoms with van der Waals surface area (Å²) in [4.78, 5) is 0.0916. The monoisotopic (exact) mass is 377 g/mol. The van der Waals surface area contributed by atoms with E-state index >= 15 is 0 Å². The van der Waals surface area contributed by atoms with Crippen molar-refractivity contribution in [1.29, 1.82) is 0 Å². The summed E-state index contributed by atoms with van der Waals surface area (Å²) in [5.74, 6) is 0. The number of primary sulfonamides is 1. The van der Waals surface area contributed by atoms with E-state index in [1.54, 1.807) is 12.1 Å². The topological polar surface area (TPSA) is 75.8 Å². The lowest BCUT2D eigenvalue weighted by atomic mass is 9.98. The second-order valence-corrected chi connectivity index (χ2v) is 7.99. The summed E-state index contributed by atoms with van der Waals surface area (Å²) in [5, 5.41) is 12.0. The molecule has 0 aliphatic carbocycles. The van der Waals surface area contributed by atoms with Crippen molar-refractivity contribution < 1.29 is 8.42 Å². The van der Waals surface area contributed by atoms with Crippen LogP contribution in [-0.4, -0.2) is 14.1 Å². The van der Waals surface area contributed by atoms with Gasteiger partial charge in [0.1, 0.15) is 0 Å². The largest absolute Gasteiger partial charge is 0.257 e. The van der Waals surface area contributed by atoms with Gasteiger partial charge in [-0.2, -0.15) is 5.10 Å². The lowest BCUT2D eigenvalue weighted by Gasteiger charge is -2.24. The lowest BCUT2D eigenvalue weighted by molar-refractivity contribution is 0.597. The highest BCUT2D eigenvalue weighted by molar-refractivity contribution is 7.89. The minimum Gasteiger partial charge on any atom is -0.257 e. The molecule has 27 heavy (non-hydrogen) atoms. The quantitative estimate of drug-likeness (QED) is 0.753. The third-order valence-electron chi connectivity index (χ3n) is 4.63. The number of hydrogen-bond acceptors (Lipinski definition) is 4. The van der Waals surface area contributed by atoms with Gasteiger partial charge in [-0.15, -0.1) is 0 Å². The first-order valence-corrected chi connectivity index (χ1v) is 10.2. The van der Waals surface area contributed by atoms with Crippen LogP contribution in [0.2, 0.25) is 0 Å². The van der Waals surface area contributed by atoms with Crippen molar-refractivity contribution >= 4 is 21.4 Å². The zero-order valence-corrected chi connectivity index (χ0v) is 15.4. The van der Waals surface area contributed by atoms with Gasteiger partial charge in [-0.3, -0.25) is 5.01 Å². The van der Waals surface area contributed by atoms with E-state index in [0.717, 1.165) is 28.9 Å². The lowest BCUT2D eigenvalue weighted by Crippen LogP contribution is -2.19. The van der Waals surface area contributed by atoms with Gasteiger partial charge in [0.25, 0.3) is 0 Å². The third-order valence-corrected chi connectivity index (χ3v) is 5.56. The molecule has 0 amide bonds. The molecular weight excluding hydrogens is 358 g/mol. The Morgan fingerprint density at radius 2 is 1.44 bits per heavy atom. The molecule has 1 aliphatic rings. The highest BCUT2D eigenvalue weighted by atomic mass is 32.2. The van der Waals surface area contributed by atoms with E-state index in [1.807, 2.05) is 41.4 Å². The van der Waals surface area contributed by atoms with E-state index in [-0.39, 0.29) is 10.9 Å². The number of hydrogen-bond donors (Lipinski definition) is 1. The maximum Gasteiger partial charge on any atom is 0.238 e. The fourth-order valence-corrected chi connectivity index (χ4v) is 3.79. The zero-order chi connectivity index (χ0) is 18.9. The van der Waals surface area contributed by atoms with Crippen molar-refractivity contribution in [2.75, 3.05) is 5.01 Å². The highest BCUT2D eigenvalue weighted by Crippen LogP contribution is 2.36. The molecule has 3 aromatic carbocycles. The maximum absolute atomic E-state index is 11.5. The van der Waals surface area contributed by atoms with Gasteiger partial charge in [0.2, 0.25) is 10.0 Å². The number of benzene rings is 3. The number of rotatable bonds is 4. The van der Waals surface area contributed by atoms with Gasteiger partial charge in [-0.25, -0.2) is 13.6 Å². The van der Waals surface area contributed by atoms with Crippen molar-refractivity contribution in [3.05, 3.63) is 96.1 Å². The molecule has 0 unspecified atom stereocenters. The van der Waals surface area contributed by atoms with E-state index in [0.29, 0.717) is 0 Å². The molecule has 136 valence electrons. The van der Waals surface area contributed by atoms with E-state index in [4.69, 9.17) is 10.2 Å². The average molecular weight is 377 g/mol. The van der Waals surface area contributed by atoms with Gasteiger partial charge >= 0.3 is 0 Å². The molecule has 4 rings (SSSR count). The van der Waals surface area contributed by atoms with Gasteiger partial charge in [-0.05, 0) is 35.4 Å².